The predicted octanol–water partition coefficient (Wildman–Crippen LogP) is 6.23. The maximum absolute atomic E-state index is 12.8. The van der Waals surface area contributed by atoms with Gasteiger partial charge in [-0.15, -0.1) is 5.10 Å². The van der Waals surface area contributed by atoms with Crippen LogP contribution in [-0.2, 0) is 16.6 Å². The van der Waals surface area contributed by atoms with Gasteiger partial charge < -0.3 is 9.47 Å². The van der Waals surface area contributed by atoms with E-state index >= 15 is 0 Å². The lowest BCUT2D eigenvalue weighted by atomic mass is 10.3. The van der Waals surface area contributed by atoms with Crippen LogP contribution in [0.4, 0.5) is 0 Å². The highest BCUT2D eigenvalue weighted by Gasteiger charge is 2.24. The molecule has 11 heteroatoms. The average Bonchev–Trinajstić information content (AvgIpc) is 3.25. The Hall–Kier alpha value is -3.11. The van der Waals surface area contributed by atoms with Gasteiger partial charge in [-0.1, -0.05) is 46.5 Å². The van der Waals surface area contributed by atoms with Crippen LogP contribution in [0.15, 0.2) is 77.7 Å². The van der Waals surface area contributed by atoms with Gasteiger partial charge in [0, 0.05) is 6.54 Å². The predicted molar refractivity (Wildman–Crippen MR) is 134 cm³/mol. The molecule has 0 fully saturated rings. The van der Waals surface area contributed by atoms with Crippen LogP contribution >= 0.6 is 23.2 Å². The van der Waals surface area contributed by atoms with Gasteiger partial charge in [-0.2, -0.15) is 0 Å². The highest BCUT2D eigenvalue weighted by atomic mass is 35.5. The number of nitrogens with one attached hydrogen (secondary N) is 1. The number of aromatic nitrogens is 3. The van der Waals surface area contributed by atoms with Crippen molar-refractivity contribution >= 4 is 33.2 Å². The first-order chi connectivity index (χ1) is 16.8. The molecule has 0 saturated carbocycles. The fraction of sp³-hybridized carbons (Fsp3) is 0.167. The molecule has 182 valence electrons. The number of rotatable bonds is 9. The zero-order chi connectivity index (χ0) is 25.0. The minimum atomic E-state index is -3.88. The number of para-hydroxylation sites is 1. The summed E-state index contributed by atoms with van der Waals surface area (Å²) in [4.78, 5) is -0.00408. The Bertz CT molecular complexity index is 1410. The van der Waals surface area contributed by atoms with Crippen molar-refractivity contribution in [3.05, 3.63) is 88.7 Å². The molecule has 0 radical (unpaired) electrons. The third-order valence-electron chi connectivity index (χ3n) is 4.99. The minimum absolute atomic E-state index is 0.00408. The average molecular weight is 533 g/mol. The van der Waals surface area contributed by atoms with E-state index in [0.717, 1.165) is 5.75 Å². The SMILES string of the molecule is CCn1c(Oc2ccc(Oc3ccccc3)cc2)nnc1[C@@H](C)NS(=O)(=O)c1ccc(Cl)c(Cl)c1. The summed E-state index contributed by atoms with van der Waals surface area (Å²) in [5, 5.41) is 8.68. The highest BCUT2D eigenvalue weighted by molar-refractivity contribution is 7.89. The first kappa shape index (κ1) is 25.0. The monoisotopic (exact) mass is 532 g/mol. The number of ether oxygens (including phenoxy) is 2. The fourth-order valence-electron chi connectivity index (χ4n) is 3.30. The van der Waals surface area contributed by atoms with Gasteiger partial charge in [0.2, 0.25) is 10.0 Å². The van der Waals surface area contributed by atoms with E-state index in [2.05, 4.69) is 14.9 Å². The summed E-state index contributed by atoms with van der Waals surface area (Å²) in [6.07, 6.45) is 0. The van der Waals surface area contributed by atoms with Gasteiger partial charge >= 0.3 is 6.01 Å². The number of benzene rings is 3. The normalized spacial score (nSPS) is 12.3. The van der Waals surface area contributed by atoms with E-state index in [9.17, 15) is 8.42 Å². The molecule has 3 aromatic carbocycles. The second kappa shape index (κ2) is 10.7. The third kappa shape index (κ3) is 5.94. The first-order valence-electron chi connectivity index (χ1n) is 10.7. The van der Waals surface area contributed by atoms with E-state index in [1.165, 1.54) is 18.2 Å². The van der Waals surface area contributed by atoms with Crippen molar-refractivity contribution in [1.29, 1.82) is 0 Å². The summed E-state index contributed by atoms with van der Waals surface area (Å²) in [5.74, 6) is 2.32. The van der Waals surface area contributed by atoms with E-state index in [0.29, 0.717) is 23.9 Å². The van der Waals surface area contributed by atoms with Gasteiger partial charge in [0.15, 0.2) is 5.82 Å². The number of hydrogen-bond acceptors (Lipinski definition) is 6. The molecule has 0 spiro atoms. The van der Waals surface area contributed by atoms with Gasteiger partial charge in [-0.25, -0.2) is 13.1 Å². The lowest BCUT2D eigenvalue weighted by Gasteiger charge is -2.15. The molecular weight excluding hydrogens is 511 g/mol. The van der Waals surface area contributed by atoms with Crippen LogP contribution in [0.5, 0.6) is 23.3 Å². The Kier molecular flexibility index (Phi) is 7.61. The lowest BCUT2D eigenvalue weighted by Crippen LogP contribution is -2.29. The molecule has 0 saturated heterocycles. The summed E-state index contributed by atoms with van der Waals surface area (Å²) in [6.45, 7) is 4.02. The molecule has 0 aliphatic heterocycles. The Morgan fingerprint density at radius 1 is 0.886 bits per heavy atom. The van der Waals surface area contributed by atoms with Crippen LogP contribution in [0.25, 0.3) is 0 Å². The van der Waals surface area contributed by atoms with Crippen LogP contribution in [0, 0.1) is 0 Å². The van der Waals surface area contributed by atoms with Crippen LogP contribution in [0.3, 0.4) is 0 Å². The molecule has 1 aromatic heterocycles. The summed E-state index contributed by atoms with van der Waals surface area (Å²) in [6, 6.07) is 20.2. The maximum Gasteiger partial charge on any atom is 0.322 e. The zero-order valence-corrected chi connectivity index (χ0v) is 21.2. The molecule has 0 aliphatic rings. The summed E-state index contributed by atoms with van der Waals surface area (Å²) in [5.41, 5.74) is 0. The lowest BCUT2D eigenvalue weighted by molar-refractivity contribution is 0.406. The van der Waals surface area contributed by atoms with Crippen LogP contribution in [0.1, 0.15) is 25.7 Å². The molecular formula is C24H22Cl2N4O4S. The molecule has 0 unspecified atom stereocenters. The molecule has 1 atom stereocenters. The summed E-state index contributed by atoms with van der Waals surface area (Å²) in [7, 11) is -3.88. The van der Waals surface area contributed by atoms with E-state index in [1.807, 2.05) is 37.3 Å². The fourth-order valence-corrected chi connectivity index (χ4v) is 4.89. The van der Waals surface area contributed by atoms with Crippen molar-refractivity contribution in [3.8, 4) is 23.3 Å². The molecule has 0 aliphatic carbocycles. The summed E-state index contributed by atoms with van der Waals surface area (Å²) >= 11 is 11.9. The Morgan fingerprint density at radius 2 is 1.51 bits per heavy atom. The molecule has 0 bridgehead atoms. The van der Waals surface area contributed by atoms with Crippen molar-refractivity contribution in [1.82, 2.24) is 19.5 Å². The van der Waals surface area contributed by atoms with Crippen molar-refractivity contribution < 1.29 is 17.9 Å². The number of halogens is 2. The molecule has 35 heavy (non-hydrogen) atoms. The van der Waals surface area contributed by atoms with Gasteiger partial charge in [0.05, 0.1) is 21.0 Å². The quantitative estimate of drug-likeness (QED) is 0.274. The Labute approximate surface area is 213 Å². The molecule has 8 nitrogen and oxygen atoms in total. The van der Waals surface area contributed by atoms with Crippen molar-refractivity contribution in [2.75, 3.05) is 0 Å². The number of hydrogen-bond donors (Lipinski definition) is 1. The van der Waals surface area contributed by atoms with Gasteiger partial charge in [0.1, 0.15) is 17.2 Å². The second-order valence-corrected chi connectivity index (χ2v) is 10.0. The third-order valence-corrected chi connectivity index (χ3v) is 7.27. The van der Waals surface area contributed by atoms with Crippen LogP contribution in [-0.4, -0.2) is 23.2 Å². The molecule has 1 heterocycles. The smallest absolute Gasteiger partial charge is 0.322 e. The van der Waals surface area contributed by atoms with Crippen molar-refractivity contribution in [2.24, 2.45) is 0 Å². The standard InChI is InChI=1S/C24H22Cl2N4O4S/c1-3-30-23(16(2)29-35(31,32)20-13-14-21(25)22(26)15-20)27-28-24(30)34-19-11-9-18(10-12-19)33-17-7-5-4-6-8-17/h4-16,29H,3H2,1-2H3/t16-/m1/s1. The summed E-state index contributed by atoms with van der Waals surface area (Å²) < 4.78 is 41.6. The van der Waals surface area contributed by atoms with E-state index < -0.39 is 16.1 Å². The largest absolute Gasteiger partial charge is 0.457 e. The van der Waals surface area contributed by atoms with E-state index in [4.69, 9.17) is 32.7 Å². The molecule has 0 amide bonds. The van der Waals surface area contributed by atoms with Crippen molar-refractivity contribution in [2.45, 2.75) is 31.3 Å². The Balaban J connectivity index is 1.48. The Morgan fingerprint density at radius 3 is 2.14 bits per heavy atom. The zero-order valence-electron chi connectivity index (χ0n) is 18.9. The van der Waals surface area contributed by atoms with Gasteiger partial charge in [-0.05, 0) is 68.4 Å². The molecule has 4 rings (SSSR count). The van der Waals surface area contributed by atoms with E-state index in [1.54, 1.807) is 35.8 Å². The second-order valence-electron chi connectivity index (χ2n) is 7.49. The van der Waals surface area contributed by atoms with Crippen LogP contribution < -0.4 is 14.2 Å². The molecule has 4 aromatic rings. The highest BCUT2D eigenvalue weighted by Crippen LogP contribution is 2.28. The van der Waals surface area contributed by atoms with Gasteiger partial charge in [-0.3, -0.25) is 4.57 Å². The topological polar surface area (TPSA) is 95.3 Å². The molecule has 1 N–H and O–H groups in total. The maximum atomic E-state index is 12.8. The number of sulfonamides is 1. The van der Waals surface area contributed by atoms with Crippen LogP contribution in [0.2, 0.25) is 10.0 Å². The first-order valence-corrected chi connectivity index (χ1v) is 12.9. The van der Waals surface area contributed by atoms with Crippen molar-refractivity contribution in [3.63, 3.8) is 0 Å². The minimum Gasteiger partial charge on any atom is -0.457 e. The van der Waals surface area contributed by atoms with E-state index in [-0.39, 0.29) is 21.0 Å². The van der Waals surface area contributed by atoms with Gasteiger partial charge in [0.25, 0.3) is 0 Å². The number of nitrogens with zero attached hydrogens (tertiary/aromatic N) is 3.